The van der Waals surface area contributed by atoms with Crippen molar-refractivity contribution >= 4 is 18.4 Å². The van der Waals surface area contributed by atoms with Crippen LogP contribution in [0.5, 0.6) is 0 Å². The molecular formula is C11H21NOS. The summed E-state index contributed by atoms with van der Waals surface area (Å²) in [7, 11) is 0. The highest BCUT2D eigenvalue weighted by molar-refractivity contribution is 7.97. The molecule has 1 heterocycles. The van der Waals surface area contributed by atoms with Gasteiger partial charge in [-0.05, 0) is 24.8 Å². The van der Waals surface area contributed by atoms with Crippen LogP contribution in [0.3, 0.4) is 0 Å². The first-order chi connectivity index (χ1) is 6.93. The van der Waals surface area contributed by atoms with Crippen LogP contribution in [0.2, 0.25) is 0 Å². The van der Waals surface area contributed by atoms with Crippen LogP contribution in [0, 0.1) is 0 Å². The number of nitrogens with zero attached hydrogens (tertiary/aromatic N) is 1. The Morgan fingerprint density at radius 2 is 1.43 bits per heavy atom. The Morgan fingerprint density at radius 1 is 0.857 bits per heavy atom. The minimum absolute atomic E-state index is 0.939. The molecule has 0 bridgehead atoms. The minimum Gasteiger partial charge on any atom is -0.289 e. The first kappa shape index (κ1) is 11.9. The van der Waals surface area contributed by atoms with Crippen molar-refractivity contribution in [1.82, 2.24) is 4.31 Å². The molecule has 82 valence electrons. The number of carbonyl (C=O) groups excluding carboxylic acids is 1. The Kier molecular flexibility index (Phi) is 6.93. The van der Waals surface area contributed by atoms with Crippen molar-refractivity contribution in [3.8, 4) is 0 Å². The van der Waals surface area contributed by atoms with E-state index in [0.29, 0.717) is 0 Å². The second-order valence-electron chi connectivity index (χ2n) is 3.91. The van der Waals surface area contributed by atoms with Gasteiger partial charge < -0.3 is 0 Å². The lowest BCUT2D eigenvalue weighted by molar-refractivity contribution is -0.113. The molecule has 1 aliphatic heterocycles. The maximum atomic E-state index is 10.7. The standard InChI is InChI=1S/C11H21NOS/c13-11-12-9-7-5-3-1-2-4-6-8-10-14-12/h11H,1-10H2. The SMILES string of the molecule is O=CN1CCCCCCCCCCS1. The molecule has 0 aliphatic carbocycles. The molecule has 2 nitrogen and oxygen atoms in total. The molecule has 0 saturated carbocycles. The lowest BCUT2D eigenvalue weighted by atomic mass is 10.1. The van der Waals surface area contributed by atoms with Crippen molar-refractivity contribution in [2.75, 3.05) is 12.3 Å². The zero-order valence-corrected chi connectivity index (χ0v) is 9.73. The van der Waals surface area contributed by atoms with E-state index in [1.807, 2.05) is 4.31 Å². The fourth-order valence-electron chi connectivity index (χ4n) is 1.76. The molecule has 1 amide bonds. The number of amides is 1. The van der Waals surface area contributed by atoms with Gasteiger partial charge in [-0.3, -0.25) is 9.10 Å². The predicted octanol–water partition coefficient (Wildman–Crippen LogP) is 3.23. The topological polar surface area (TPSA) is 20.3 Å². The van der Waals surface area contributed by atoms with E-state index >= 15 is 0 Å². The van der Waals surface area contributed by atoms with E-state index in [2.05, 4.69) is 0 Å². The van der Waals surface area contributed by atoms with E-state index in [4.69, 9.17) is 0 Å². The van der Waals surface area contributed by atoms with Crippen molar-refractivity contribution in [3.05, 3.63) is 0 Å². The van der Waals surface area contributed by atoms with Gasteiger partial charge in [0.1, 0.15) is 0 Å². The zero-order valence-electron chi connectivity index (χ0n) is 8.91. The van der Waals surface area contributed by atoms with E-state index in [1.165, 1.54) is 51.4 Å². The van der Waals surface area contributed by atoms with Gasteiger partial charge in [0.05, 0.1) is 0 Å². The molecule has 1 saturated heterocycles. The zero-order chi connectivity index (χ0) is 10.1. The van der Waals surface area contributed by atoms with Crippen molar-refractivity contribution in [2.24, 2.45) is 0 Å². The van der Waals surface area contributed by atoms with Gasteiger partial charge >= 0.3 is 0 Å². The molecule has 1 aliphatic rings. The van der Waals surface area contributed by atoms with E-state index in [9.17, 15) is 4.79 Å². The molecule has 0 radical (unpaired) electrons. The van der Waals surface area contributed by atoms with Crippen LogP contribution < -0.4 is 0 Å². The number of hydrogen-bond acceptors (Lipinski definition) is 2. The smallest absolute Gasteiger partial charge is 0.219 e. The number of rotatable bonds is 1. The van der Waals surface area contributed by atoms with E-state index in [0.717, 1.165) is 18.7 Å². The third-order valence-corrected chi connectivity index (χ3v) is 3.72. The maximum Gasteiger partial charge on any atom is 0.219 e. The molecule has 0 aromatic rings. The normalized spacial score (nSPS) is 22.1. The average molecular weight is 215 g/mol. The van der Waals surface area contributed by atoms with E-state index in [1.54, 1.807) is 11.9 Å². The molecule has 14 heavy (non-hydrogen) atoms. The Morgan fingerprint density at radius 3 is 2.07 bits per heavy atom. The van der Waals surface area contributed by atoms with Gasteiger partial charge in [-0.25, -0.2) is 0 Å². The van der Waals surface area contributed by atoms with Crippen LogP contribution in [0.4, 0.5) is 0 Å². The highest BCUT2D eigenvalue weighted by atomic mass is 32.2. The summed E-state index contributed by atoms with van der Waals surface area (Å²) in [5.74, 6) is 1.11. The summed E-state index contributed by atoms with van der Waals surface area (Å²) >= 11 is 1.70. The van der Waals surface area contributed by atoms with Crippen LogP contribution in [0.1, 0.15) is 51.4 Å². The third kappa shape index (κ3) is 5.53. The van der Waals surface area contributed by atoms with Gasteiger partial charge in [-0.2, -0.15) is 0 Å². The third-order valence-electron chi connectivity index (χ3n) is 2.65. The Labute approximate surface area is 91.6 Å². The van der Waals surface area contributed by atoms with Gasteiger partial charge in [-0.1, -0.05) is 38.5 Å². The summed E-state index contributed by atoms with van der Waals surface area (Å²) in [6.45, 7) is 0.939. The fourth-order valence-corrected chi connectivity index (χ4v) is 2.65. The summed E-state index contributed by atoms with van der Waals surface area (Å²) in [5, 5.41) is 0. The molecule has 1 fully saturated rings. The second kappa shape index (κ2) is 8.16. The van der Waals surface area contributed by atoms with Crippen LogP contribution in [-0.2, 0) is 4.79 Å². The Hall–Kier alpha value is -0.180. The van der Waals surface area contributed by atoms with Crippen LogP contribution in [0.15, 0.2) is 0 Å². The van der Waals surface area contributed by atoms with Crippen molar-refractivity contribution in [3.63, 3.8) is 0 Å². The predicted molar refractivity (Wildman–Crippen MR) is 62.2 cm³/mol. The van der Waals surface area contributed by atoms with E-state index in [-0.39, 0.29) is 0 Å². The quantitative estimate of drug-likeness (QED) is 0.494. The first-order valence-electron chi connectivity index (χ1n) is 5.78. The lowest BCUT2D eigenvalue weighted by Crippen LogP contribution is -2.15. The van der Waals surface area contributed by atoms with Gasteiger partial charge in [0.2, 0.25) is 6.41 Å². The van der Waals surface area contributed by atoms with Crippen LogP contribution in [0.25, 0.3) is 0 Å². The summed E-state index contributed by atoms with van der Waals surface area (Å²) in [4.78, 5) is 10.7. The molecule has 0 spiro atoms. The van der Waals surface area contributed by atoms with Gasteiger partial charge in [0, 0.05) is 12.3 Å². The van der Waals surface area contributed by atoms with Gasteiger partial charge in [0.15, 0.2) is 0 Å². The van der Waals surface area contributed by atoms with Crippen molar-refractivity contribution < 1.29 is 4.79 Å². The van der Waals surface area contributed by atoms with Gasteiger partial charge in [0.25, 0.3) is 0 Å². The number of carbonyl (C=O) groups is 1. The second-order valence-corrected chi connectivity index (χ2v) is 5.04. The molecule has 3 heteroatoms. The summed E-state index contributed by atoms with van der Waals surface area (Å²) in [5.41, 5.74) is 0. The summed E-state index contributed by atoms with van der Waals surface area (Å²) in [6.07, 6.45) is 11.5. The van der Waals surface area contributed by atoms with Crippen LogP contribution in [-0.4, -0.2) is 23.0 Å². The maximum absolute atomic E-state index is 10.7. The molecule has 1 rings (SSSR count). The first-order valence-corrected chi connectivity index (χ1v) is 6.72. The Bertz CT molecular complexity index is 140. The minimum atomic E-state index is 0.939. The van der Waals surface area contributed by atoms with Crippen LogP contribution >= 0.6 is 11.9 Å². The van der Waals surface area contributed by atoms with Crippen molar-refractivity contribution in [2.45, 2.75) is 51.4 Å². The lowest BCUT2D eigenvalue weighted by Gasteiger charge is -2.16. The highest BCUT2D eigenvalue weighted by Crippen LogP contribution is 2.16. The molecule has 0 aromatic carbocycles. The summed E-state index contributed by atoms with van der Waals surface area (Å²) in [6, 6.07) is 0. The van der Waals surface area contributed by atoms with Gasteiger partial charge in [-0.15, -0.1) is 0 Å². The fraction of sp³-hybridized carbons (Fsp3) is 0.909. The molecule has 0 atom stereocenters. The van der Waals surface area contributed by atoms with E-state index < -0.39 is 0 Å². The molecule has 0 N–H and O–H groups in total. The largest absolute Gasteiger partial charge is 0.289 e. The monoisotopic (exact) mass is 215 g/mol. The average Bonchev–Trinajstić information content (AvgIpc) is 2.19. The Balaban J connectivity index is 2.20. The summed E-state index contributed by atoms with van der Waals surface area (Å²) < 4.78 is 1.86. The molecule has 0 aromatic heterocycles. The number of hydrogen-bond donors (Lipinski definition) is 0. The highest BCUT2D eigenvalue weighted by Gasteiger charge is 2.03. The molecular weight excluding hydrogens is 194 g/mol. The molecule has 0 unspecified atom stereocenters. The van der Waals surface area contributed by atoms with Crippen molar-refractivity contribution in [1.29, 1.82) is 0 Å².